The van der Waals surface area contributed by atoms with Crippen molar-refractivity contribution in [2.24, 2.45) is 5.92 Å². The number of hydrogen-bond donors (Lipinski definition) is 1. The maximum absolute atomic E-state index is 12.5. The van der Waals surface area contributed by atoms with Gasteiger partial charge in [-0.15, -0.1) is 0 Å². The van der Waals surface area contributed by atoms with Gasteiger partial charge in [0.15, 0.2) is 0 Å². The van der Waals surface area contributed by atoms with Crippen LogP contribution in [0.15, 0.2) is 0 Å². The lowest BCUT2D eigenvalue weighted by Gasteiger charge is -2.27. The van der Waals surface area contributed by atoms with Crippen molar-refractivity contribution in [3.05, 3.63) is 0 Å². The van der Waals surface area contributed by atoms with Gasteiger partial charge in [0.05, 0.1) is 12.3 Å². The number of aliphatic hydroxyl groups excluding tert-OH is 1. The van der Waals surface area contributed by atoms with Gasteiger partial charge in [-0.3, -0.25) is 0 Å². The summed E-state index contributed by atoms with van der Waals surface area (Å²) < 4.78 is 12.5. The topological polar surface area (TPSA) is 20.2 Å². The number of aliphatic hydroxyl groups is 1. The van der Waals surface area contributed by atoms with Gasteiger partial charge >= 0.3 is 0 Å². The van der Waals surface area contributed by atoms with Crippen LogP contribution in [0.4, 0.5) is 4.39 Å². The van der Waals surface area contributed by atoms with E-state index in [-0.39, 0.29) is 12.0 Å². The van der Waals surface area contributed by atoms with Crippen LogP contribution in [0.25, 0.3) is 0 Å². The maximum Gasteiger partial charge on any atom is 0.0977 e. The van der Waals surface area contributed by atoms with Gasteiger partial charge in [-0.05, 0) is 32.1 Å². The van der Waals surface area contributed by atoms with Gasteiger partial charge in [-0.1, -0.05) is 12.8 Å². The van der Waals surface area contributed by atoms with Crippen molar-refractivity contribution in [3.8, 4) is 0 Å². The van der Waals surface area contributed by atoms with Crippen molar-refractivity contribution < 1.29 is 9.50 Å². The normalized spacial score (nSPS) is 35.2. The molecule has 1 aliphatic rings. The summed E-state index contributed by atoms with van der Waals surface area (Å²) in [5.74, 6) is 0.226. The molecule has 0 heterocycles. The highest BCUT2D eigenvalue weighted by molar-refractivity contribution is 4.75. The van der Waals surface area contributed by atoms with E-state index in [1.165, 1.54) is 0 Å². The quantitative estimate of drug-likeness (QED) is 0.657. The fraction of sp³-hybridized carbons (Fsp3) is 1.00. The van der Waals surface area contributed by atoms with Crippen molar-refractivity contribution in [2.45, 2.75) is 51.3 Å². The molecule has 66 valence electrons. The highest BCUT2D eigenvalue weighted by Gasteiger charge is 2.24. The number of alkyl halides is 1. The van der Waals surface area contributed by atoms with Crippen LogP contribution in [0.5, 0.6) is 0 Å². The molecular formula is C9H17FO. The van der Waals surface area contributed by atoms with Gasteiger partial charge in [0.1, 0.15) is 0 Å². The molecule has 3 atom stereocenters. The summed E-state index contributed by atoms with van der Waals surface area (Å²) in [6.07, 6.45) is 3.70. The molecule has 1 fully saturated rings. The fourth-order valence-corrected chi connectivity index (χ4v) is 1.88. The molecule has 0 bridgehead atoms. The first-order valence-electron chi connectivity index (χ1n) is 4.52. The second kappa shape index (κ2) is 4.05. The molecule has 0 aromatic heterocycles. The van der Waals surface area contributed by atoms with E-state index in [1.54, 1.807) is 6.92 Å². The van der Waals surface area contributed by atoms with Gasteiger partial charge in [0.25, 0.3) is 0 Å². The smallest absolute Gasteiger partial charge is 0.0977 e. The van der Waals surface area contributed by atoms with E-state index in [0.717, 1.165) is 25.7 Å². The molecule has 0 aromatic rings. The van der Waals surface area contributed by atoms with Gasteiger partial charge in [0.2, 0.25) is 0 Å². The second-order valence-corrected chi connectivity index (χ2v) is 3.63. The molecule has 1 nitrogen and oxygen atoms in total. The Morgan fingerprint density at radius 1 is 1.45 bits per heavy atom. The molecule has 1 rings (SSSR count). The molecule has 2 heteroatoms. The zero-order chi connectivity index (χ0) is 8.27. The lowest BCUT2D eigenvalue weighted by atomic mass is 9.83. The molecule has 0 spiro atoms. The Hall–Kier alpha value is -0.110. The zero-order valence-corrected chi connectivity index (χ0v) is 7.09. The van der Waals surface area contributed by atoms with Crippen LogP contribution in [0.1, 0.15) is 39.0 Å². The Kier molecular flexibility index (Phi) is 3.31. The Morgan fingerprint density at radius 2 is 2.09 bits per heavy atom. The van der Waals surface area contributed by atoms with E-state index in [1.807, 2.05) is 0 Å². The minimum absolute atomic E-state index is 0.226. The van der Waals surface area contributed by atoms with Crippen molar-refractivity contribution >= 4 is 0 Å². The fourth-order valence-electron chi connectivity index (χ4n) is 1.88. The van der Waals surface area contributed by atoms with Crippen LogP contribution in [-0.2, 0) is 0 Å². The highest BCUT2D eigenvalue weighted by Crippen LogP contribution is 2.28. The standard InChI is InChI=1S/C9H17FO/c1-7(10)6-8-4-2-3-5-9(8)11/h7-9,11H,2-6H2,1H3. The van der Waals surface area contributed by atoms with E-state index in [9.17, 15) is 9.50 Å². The molecule has 3 unspecified atom stereocenters. The lowest BCUT2D eigenvalue weighted by Crippen LogP contribution is -2.26. The van der Waals surface area contributed by atoms with Crippen molar-refractivity contribution in [2.75, 3.05) is 0 Å². The first kappa shape index (κ1) is 8.98. The monoisotopic (exact) mass is 160 g/mol. The maximum atomic E-state index is 12.5. The third kappa shape index (κ3) is 2.78. The Labute approximate surface area is 67.6 Å². The predicted octanol–water partition coefficient (Wildman–Crippen LogP) is 2.29. The summed E-state index contributed by atoms with van der Waals surface area (Å²) in [6.45, 7) is 1.57. The largest absolute Gasteiger partial charge is 0.393 e. The first-order valence-corrected chi connectivity index (χ1v) is 4.52. The Morgan fingerprint density at radius 3 is 2.64 bits per heavy atom. The Balaban J connectivity index is 2.29. The predicted molar refractivity (Wildman–Crippen MR) is 43.2 cm³/mol. The summed E-state index contributed by atoms with van der Waals surface area (Å²) in [4.78, 5) is 0. The van der Waals surface area contributed by atoms with Gasteiger partial charge in [-0.25, -0.2) is 4.39 Å². The molecule has 11 heavy (non-hydrogen) atoms. The van der Waals surface area contributed by atoms with Crippen molar-refractivity contribution in [3.63, 3.8) is 0 Å². The van der Waals surface area contributed by atoms with Crippen molar-refractivity contribution in [1.82, 2.24) is 0 Å². The van der Waals surface area contributed by atoms with E-state index < -0.39 is 6.17 Å². The lowest BCUT2D eigenvalue weighted by molar-refractivity contribution is 0.0530. The van der Waals surface area contributed by atoms with Crippen LogP contribution in [0.2, 0.25) is 0 Å². The van der Waals surface area contributed by atoms with E-state index in [4.69, 9.17) is 0 Å². The Bertz CT molecular complexity index is 114. The summed E-state index contributed by atoms with van der Waals surface area (Å²) in [7, 11) is 0. The van der Waals surface area contributed by atoms with Crippen LogP contribution in [0.3, 0.4) is 0 Å². The molecule has 0 amide bonds. The number of halogens is 1. The number of hydrogen-bond acceptors (Lipinski definition) is 1. The zero-order valence-electron chi connectivity index (χ0n) is 7.09. The average molecular weight is 160 g/mol. The molecule has 1 saturated carbocycles. The number of rotatable bonds is 2. The molecule has 0 saturated heterocycles. The second-order valence-electron chi connectivity index (χ2n) is 3.63. The highest BCUT2D eigenvalue weighted by atomic mass is 19.1. The minimum Gasteiger partial charge on any atom is -0.393 e. The van der Waals surface area contributed by atoms with Crippen LogP contribution >= 0.6 is 0 Å². The first-order chi connectivity index (χ1) is 5.20. The van der Waals surface area contributed by atoms with E-state index in [0.29, 0.717) is 6.42 Å². The van der Waals surface area contributed by atoms with Crippen LogP contribution < -0.4 is 0 Å². The third-order valence-corrected chi connectivity index (χ3v) is 2.50. The molecule has 0 aromatic carbocycles. The summed E-state index contributed by atoms with van der Waals surface area (Å²) in [6, 6.07) is 0. The molecular weight excluding hydrogens is 143 g/mol. The minimum atomic E-state index is -0.757. The molecule has 1 N–H and O–H groups in total. The SMILES string of the molecule is CC(F)CC1CCCCC1O. The van der Waals surface area contributed by atoms with E-state index in [2.05, 4.69) is 0 Å². The summed E-state index contributed by atoms with van der Waals surface area (Å²) in [5, 5.41) is 9.45. The summed E-state index contributed by atoms with van der Waals surface area (Å²) >= 11 is 0. The molecule has 0 radical (unpaired) electrons. The third-order valence-electron chi connectivity index (χ3n) is 2.50. The van der Waals surface area contributed by atoms with Crippen LogP contribution in [0, 0.1) is 5.92 Å². The average Bonchev–Trinajstić information content (AvgIpc) is 1.93. The molecule has 0 aliphatic heterocycles. The van der Waals surface area contributed by atoms with Crippen LogP contribution in [-0.4, -0.2) is 17.4 Å². The summed E-state index contributed by atoms with van der Waals surface area (Å²) in [5.41, 5.74) is 0. The van der Waals surface area contributed by atoms with E-state index >= 15 is 0 Å². The van der Waals surface area contributed by atoms with Gasteiger partial charge in [-0.2, -0.15) is 0 Å². The molecule has 1 aliphatic carbocycles. The van der Waals surface area contributed by atoms with Gasteiger partial charge in [0, 0.05) is 0 Å². The van der Waals surface area contributed by atoms with Gasteiger partial charge < -0.3 is 5.11 Å². The van der Waals surface area contributed by atoms with Crippen molar-refractivity contribution in [1.29, 1.82) is 0 Å².